The molecule has 2 fully saturated rings. The van der Waals surface area contributed by atoms with E-state index in [1.165, 1.54) is 0 Å². The average Bonchev–Trinajstić information content (AvgIpc) is 2.43. The van der Waals surface area contributed by atoms with Gasteiger partial charge in [-0.1, -0.05) is 6.92 Å². The van der Waals surface area contributed by atoms with Crippen LogP contribution in [0.1, 0.15) is 20.3 Å². The second-order valence-electron chi connectivity index (χ2n) is 5.96. The van der Waals surface area contributed by atoms with Crippen molar-refractivity contribution in [3.05, 3.63) is 0 Å². The Balaban J connectivity index is 1.77. The van der Waals surface area contributed by atoms with Crippen LogP contribution in [0.25, 0.3) is 0 Å². The van der Waals surface area contributed by atoms with E-state index in [2.05, 4.69) is 0 Å². The highest BCUT2D eigenvalue weighted by Gasteiger charge is 2.28. The fourth-order valence-corrected chi connectivity index (χ4v) is 2.82. The van der Waals surface area contributed by atoms with Crippen molar-refractivity contribution < 1.29 is 14.7 Å². The molecule has 0 spiro atoms. The van der Waals surface area contributed by atoms with Gasteiger partial charge in [0.05, 0.1) is 12.6 Å². The van der Waals surface area contributed by atoms with E-state index < -0.39 is 0 Å². The van der Waals surface area contributed by atoms with Crippen molar-refractivity contribution in [2.45, 2.75) is 26.4 Å². The molecule has 2 aliphatic rings. The van der Waals surface area contributed by atoms with E-state index in [-0.39, 0.29) is 17.9 Å². The molecule has 0 aromatic rings. The fraction of sp³-hybridized carbons (Fsp3) is 0.857. The maximum Gasteiger partial charge on any atom is 0.236 e. The zero-order valence-corrected chi connectivity index (χ0v) is 12.4. The van der Waals surface area contributed by atoms with Gasteiger partial charge in [0.2, 0.25) is 11.8 Å². The van der Waals surface area contributed by atoms with Crippen molar-refractivity contribution in [1.82, 2.24) is 14.7 Å². The number of carbonyl (C=O) groups is 2. The summed E-state index contributed by atoms with van der Waals surface area (Å²) in [6.07, 6.45) is 0.609. The Morgan fingerprint density at radius 2 is 1.70 bits per heavy atom. The topological polar surface area (TPSA) is 64.1 Å². The molecule has 0 aliphatic carbocycles. The lowest BCUT2D eigenvalue weighted by Gasteiger charge is -2.37. The van der Waals surface area contributed by atoms with E-state index >= 15 is 0 Å². The van der Waals surface area contributed by atoms with Crippen LogP contribution in [0, 0.1) is 5.92 Å². The Morgan fingerprint density at radius 3 is 2.25 bits per heavy atom. The number of rotatable bonds is 2. The Hall–Kier alpha value is -1.14. The van der Waals surface area contributed by atoms with E-state index in [1.807, 2.05) is 16.7 Å². The lowest BCUT2D eigenvalue weighted by molar-refractivity contribution is -0.139. The molecule has 2 aliphatic heterocycles. The number of piperidine rings is 1. The van der Waals surface area contributed by atoms with Crippen molar-refractivity contribution in [3.8, 4) is 0 Å². The van der Waals surface area contributed by atoms with Gasteiger partial charge in [0.15, 0.2) is 0 Å². The van der Waals surface area contributed by atoms with Gasteiger partial charge < -0.3 is 14.9 Å². The third-order valence-electron chi connectivity index (χ3n) is 4.44. The van der Waals surface area contributed by atoms with E-state index in [9.17, 15) is 14.7 Å². The molecule has 2 saturated heterocycles. The molecule has 0 aromatic heterocycles. The maximum absolute atomic E-state index is 12.2. The molecule has 1 N–H and O–H groups in total. The number of aliphatic hydroxyl groups is 1. The Labute approximate surface area is 120 Å². The lowest BCUT2D eigenvalue weighted by atomic mass is 9.96. The summed E-state index contributed by atoms with van der Waals surface area (Å²) in [7, 11) is 0. The molecule has 0 bridgehead atoms. The Bertz CT molecular complexity index is 367. The minimum atomic E-state index is -0.328. The van der Waals surface area contributed by atoms with Gasteiger partial charge in [-0.25, -0.2) is 0 Å². The van der Waals surface area contributed by atoms with Crippen molar-refractivity contribution in [2.24, 2.45) is 5.92 Å². The van der Waals surface area contributed by atoms with Gasteiger partial charge in [-0.3, -0.25) is 14.5 Å². The first-order chi connectivity index (χ1) is 9.47. The summed E-state index contributed by atoms with van der Waals surface area (Å²) in [6.45, 7) is 7.93. The molecule has 2 amide bonds. The highest BCUT2D eigenvalue weighted by atomic mass is 16.3. The number of aliphatic hydroxyl groups excluding tert-OH is 1. The molecular formula is C14H25N3O3. The first-order valence-corrected chi connectivity index (χ1v) is 7.41. The SMILES string of the molecule is CC(=O)N1CCN(C(=O)CN2CCC(C)C(O)C2)CC1. The second kappa shape index (κ2) is 6.54. The molecule has 2 rings (SSSR count). The van der Waals surface area contributed by atoms with Crippen LogP contribution in [-0.2, 0) is 9.59 Å². The summed E-state index contributed by atoms with van der Waals surface area (Å²) in [6, 6.07) is 0. The van der Waals surface area contributed by atoms with Crippen molar-refractivity contribution >= 4 is 11.8 Å². The van der Waals surface area contributed by atoms with Crippen LogP contribution in [0.5, 0.6) is 0 Å². The van der Waals surface area contributed by atoms with Crippen LogP contribution in [0.4, 0.5) is 0 Å². The molecule has 20 heavy (non-hydrogen) atoms. The first-order valence-electron chi connectivity index (χ1n) is 7.41. The van der Waals surface area contributed by atoms with E-state index in [4.69, 9.17) is 0 Å². The van der Waals surface area contributed by atoms with Crippen LogP contribution >= 0.6 is 0 Å². The smallest absolute Gasteiger partial charge is 0.236 e. The summed E-state index contributed by atoms with van der Waals surface area (Å²) in [5, 5.41) is 9.86. The van der Waals surface area contributed by atoms with Gasteiger partial charge in [0, 0.05) is 39.6 Å². The minimum absolute atomic E-state index is 0.0743. The largest absolute Gasteiger partial charge is 0.392 e. The molecule has 6 nitrogen and oxygen atoms in total. The standard InChI is InChI=1S/C14H25N3O3/c1-11-3-4-15(9-13(11)19)10-14(20)17-7-5-16(6-8-17)12(2)18/h11,13,19H,3-10H2,1-2H3. The highest BCUT2D eigenvalue weighted by molar-refractivity contribution is 5.79. The molecule has 114 valence electrons. The molecule has 0 radical (unpaired) electrons. The number of piperazine rings is 1. The summed E-state index contributed by atoms with van der Waals surface area (Å²) >= 11 is 0. The van der Waals surface area contributed by atoms with Gasteiger partial charge in [0.25, 0.3) is 0 Å². The molecule has 6 heteroatoms. The number of hydrogen-bond donors (Lipinski definition) is 1. The summed E-state index contributed by atoms with van der Waals surface area (Å²) in [5.74, 6) is 0.501. The highest BCUT2D eigenvalue weighted by Crippen LogP contribution is 2.17. The summed E-state index contributed by atoms with van der Waals surface area (Å²) in [4.78, 5) is 29.1. The molecule has 2 atom stereocenters. The van der Waals surface area contributed by atoms with Gasteiger partial charge in [-0.05, 0) is 18.9 Å². The van der Waals surface area contributed by atoms with Crippen LogP contribution < -0.4 is 0 Å². The minimum Gasteiger partial charge on any atom is -0.392 e. The van der Waals surface area contributed by atoms with E-state index in [0.29, 0.717) is 45.2 Å². The van der Waals surface area contributed by atoms with E-state index in [0.717, 1.165) is 13.0 Å². The van der Waals surface area contributed by atoms with Crippen LogP contribution in [-0.4, -0.2) is 83.5 Å². The number of nitrogens with zero attached hydrogens (tertiary/aromatic N) is 3. The number of amides is 2. The van der Waals surface area contributed by atoms with Gasteiger partial charge in [-0.15, -0.1) is 0 Å². The number of β-amino-alcohol motifs (C(OH)–C–C–N with tert-alkyl or cyclic N) is 1. The zero-order valence-electron chi connectivity index (χ0n) is 12.4. The third-order valence-corrected chi connectivity index (χ3v) is 4.44. The fourth-order valence-electron chi connectivity index (χ4n) is 2.82. The number of carbonyl (C=O) groups excluding carboxylic acids is 2. The Morgan fingerprint density at radius 1 is 1.10 bits per heavy atom. The average molecular weight is 283 g/mol. The van der Waals surface area contributed by atoms with Gasteiger partial charge in [-0.2, -0.15) is 0 Å². The summed E-state index contributed by atoms with van der Waals surface area (Å²) < 4.78 is 0. The predicted octanol–water partition coefficient (Wildman–Crippen LogP) is -0.620. The molecule has 2 heterocycles. The molecule has 2 unspecified atom stereocenters. The van der Waals surface area contributed by atoms with Crippen LogP contribution in [0.3, 0.4) is 0 Å². The lowest BCUT2D eigenvalue weighted by Crippen LogP contribution is -2.53. The summed E-state index contributed by atoms with van der Waals surface area (Å²) in [5.41, 5.74) is 0. The molecular weight excluding hydrogens is 258 g/mol. The Kier molecular flexibility index (Phi) is 4.99. The van der Waals surface area contributed by atoms with Crippen molar-refractivity contribution in [3.63, 3.8) is 0 Å². The van der Waals surface area contributed by atoms with Crippen LogP contribution in [0.15, 0.2) is 0 Å². The van der Waals surface area contributed by atoms with Crippen molar-refractivity contribution in [1.29, 1.82) is 0 Å². The van der Waals surface area contributed by atoms with E-state index in [1.54, 1.807) is 11.8 Å². The second-order valence-corrected chi connectivity index (χ2v) is 5.96. The first kappa shape index (κ1) is 15.3. The maximum atomic E-state index is 12.2. The molecule has 0 saturated carbocycles. The van der Waals surface area contributed by atoms with Crippen molar-refractivity contribution in [2.75, 3.05) is 45.8 Å². The predicted molar refractivity (Wildman–Crippen MR) is 75.1 cm³/mol. The monoisotopic (exact) mass is 283 g/mol. The number of likely N-dealkylation sites (tertiary alicyclic amines) is 1. The van der Waals surface area contributed by atoms with Gasteiger partial charge >= 0.3 is 0 Å². The number of hydrogen-bond acceptors (Lipinski definition) is 4. The molecule has 0 aromatic carbocycles. The third kappa shape index (κ3) is 3.70. The quantitative estimate of drug-likeness (QED) is 0.733. The van der Waals surface area contributed by atoms with Gasteiger partial charge in [0.1, 0.15) is 0 Å². The normalized spacial score (nSPS) is 28.6. The zero-order chi connectivity index (χ0) is 14.7. The van der Waals surface area contributed by atoms with Crippen LogP contribution in [0.2, 0.25) is 0 Å².